The van der Waals surface area contributed by atoms with E-state index in [4.69, 9.17) is 5.73 Å². The van der Waals surface area contributed by atoms with Crippen LogP contribution in [0.25, 0.3) is 0 Å². The third-order valence-electron chi connectivity index (χ3n) is 7.36. The summed E-state index contributed by atoms with van der Waals surface area (Å²) in [7, 11) is 3.05. The zero-order valence-corrected chi connectivity index (χ0v) is 19.4. The maximum absolute atomic E-state index is 13.7. The second-order valence-corrected chi connectivity index (χ2v) is 9.72. The Bertz CT molecular complexity index is 1240. The number of primary amides is 1. The van der Waals surface area contributed by atoms with Crippen molar-refractivity contribution >= 4 is 29.0 Å². The van der Waals surface area contributed by atoms with Crippen LogP contribution in [0.2, 0.25) is 0 Å². The smallest absolute Gasteiger partial charge is 0.235 e. The summed E-state index contributed by atoms with van der Waals surface area (Å²) in [6, 6.07) is 1.60. The maximum atomic E-state index is 13.7. The molecule has 0 spiro atoms. The fourth-order valence-corrected chi connectivity index (χ4v) is 5.90. The minimum atomic E-state index is -2.75. The second-order valence-electron chi connectivity index (χ2n) is 9.72. The first-order chi connectivity index (χ1) is 16.3. The van der Waals surface area contributed by atoms with Crippen LogP contribution in [0.15, 0.2) is 12.1 Å². The molecule has 0 aliphatic heterocycles. The lowest BCUT2D eigenvalue weighted by Crippen LogP contribution is -2.74. The molecule has 0 bridgehead atoms. The predicted octanol–water partition coefficient (Wildman–Crippen LogP) is -1.40. The molecule has 1 aromatic carbocycles. The molecule has 7 atom stereocenters. The fourth-order valence-electron chi connectivity index (χ4n) is 5.90. The summed E-state index contributed by atoms with van der Waals surface area (Å²) >= 11 is 0. The van der Waals surface area contributed by atoms with Gasteiger partial charge >= 0.3 is 0 Å². The number of hydrogen-bond donors (Lipinski definition) is 4. The van der Waals surface area contributed by atoms with Crippen LogP contribution in [0.1, 0.15) is 34.8 Å². The van der Waals surface area contributed by atoms with Crippen LogP contribution in [0.3, 0.4) is 0 Å². The highest BCUT2D eigenvalue weighted by atomic mass is 16.3. The zero-order valence-electron chi connectivity index (χ0n) is 19.4. The summed E-state index contributed by atoms with van der Waals surface area (Å²) in [4.78, 5) is 66.9. The van der Waals surface area contributed by atoms with E-state index >= 15 is 0 Å². The quantitative estimate of drug-likeness (QED) is 0.292. The number of carbonyl (C=O) groups is 5. The Balaban J connectivity index is 1.87. The van der Waals surface area contributed by atoms with Crippen LogP contribution < -0.4 is 5.73 Å². The number of phenolic OH excluding ortho intramolecular Hbond substituents is 1. The number of aliphatic hydroxyl groups excluding tert-OH is 1. The zero-order chi connectivity index (χ0) is 26.0. The first-order valence-electron chi connectivity index (χ1n) is 11.2. The molecule has 35 heavy (non-hydrogen) atoms. The van der Waals surface area contributed by atoms with Gasteiger partial charge in [0, 0.05) is 11.5 Å². The third-order valence-corrected chi connectivity index (χ3v) is 7.36. The van der Waals surface area contributed by atoms with Gasteiger partial charge < -0.3 is 21.1 Å². The number of aliphatic hydroxyl groups is 2. The minimum Gasteiger partial charge on any atom is -0.507 e. The van der Waals surface area contributed by atoms with Crippen LogP contribution >= 0.6 is 0 Å². The molecule has 3 aliphatic carbocycles. The van der Waals surface area contributed by atoms with Crippen molar-refractivity contribution in [3.8, 4) is 17.6 Å². The number of nitrogens with two attached hydrogens (primary N) is 1. The molecule has 0 saturated heterocycles. The molecule has 2 fully saturated rings. The number of benzene rings is 1. The molecule has 2 saturated carbocycles. The Morgan fingerprint density at radius 2 is 1.86 bits per heavy atom. The van der Waals surface area contributed by atoms with Crippen molar-refractivity contribution < 1.29 is 39.3 Å². The van der Waals surface area contributed by atoms with Gasteiger partial charge in [-0.15, -0.1) is 0 Å². The topological polar surface area (TPSA) is 175 Å². The standard InChI is InChI=1S/C25H26N2O8/c1-10(28)4-5-11-6-7-15(29)17-13(11)8-12-9-14-19(27(2)3)21(31)18(24(26)34)23(33)25(14,35)22(32)16(12)20(17)30/h6-7,10,12,14,16,18-19,28-29,35H,8-9H2,1-3H3,(H2,26,34). The molecule has 7 unspecified atom stereocenters. The highest BCUT2D eigenvalue weighted by Crippen LogP contribution is 2.50. The van der Waals surface area contributed by atoms with E-state index in [1.165, 1.54) is 38.1 Å². The van der Waals surface area contributed by atoms with Gasteiger partial charge in [-0.2, -0.15) is 0 Å². The number of carbonyl (C=O) groups excluding carboxylic acids is 5. The van der Waals surface area contributed by atoms with Gasteiger partial charge in [0.2, 0.25) is 5.91 Å². The van der Waals surface area contributed by atoms with E-state index in [0.717, 1.165) is 0 Å². The van der Waals surface area contributed by atoms with E-state index < -0.39 is 70.5 Å². The van der Waals surface area contributed by atoms with Crippen molar-refractivity contribution in [1.82, 2.24) is 4.90 Å². The number of Topliss-reactive ketones (excluding diaryl/α,β-unsaturated/α-hetero) is 4. The number of rotatable bonds is 2. The summed E-state index contributed by atoms with van der Waals surface area (Å²) in [5.74, 6) is -5.57. The van der Waals surface area contributed by atoms with E-state index in [0.29, 0.717) is 11.1 Å². The molecule has 10 nitrogen and oxygen atoms in total. The van der Waals surface area contributed by atoms with Gasteiger partial charge in [0.25, 0.3) is 0 Å². The molecule has 3 aliphatic rings. The second kappa shape index (κ2) is 8.37. The monoisotopic (exact) mass is 482 g/mol. The number of amides is 1. The molecule has 5 N–H and O–H groups in total. The van der Waals surface area contributed by atoms with Crippen LogP contribution in [0.5, 0.6) is 5.75 Å². The molecular weight excluding hydrogens is 456 g/mol. The van der Waals surface area contributed by atoms with Crippen molar-refractivity contribution in [3.63, 3.8) is 0 Å². The Hall–Kier alpha value is -3.39. The maximum Gasteiger partial charge on any atom is 0.235 e. The first kappa shape index (κ1) is 24.7. The highest BCUT2D eigenvalue weighted by Gasteiger charge is 2.69. The van der Waals surface area contributed by atoms with Gasteiger partial charge in [0.1, 0.15) is 11.9 Å². The minimum absolute atomic E-state index is 0.0389. The molecule has 10 heteroatoms. The average Bonchev–Trinajstić information content (AvgIpc) is 2.75. The molecule has 1 amide bonds. The van der Waals surface area contributed by atoms with E-state index in [1.807, 2.05) is 0 Å². The van der Waals surface area contributed by atoms with Crippen LogP contribution in [0.4, 0.5) is 0 Å². The van der Waals surface area contributed by atoms with Crippen molar-refractivity contribution in [2.75, 3.05) is 14.1 Å². The van der Waals surface area contributed by atoms with Crippen molar-refractivity contribution in [2.24, 2.45) is 29.4 Å². The SMILES string of the molecule is CC(O)C#Cc1ccc(O)c2c1CC1CC3C(N(C)C)C(=O)C(C(N)=O)C(=O)C3(O)C(=O)C1C2=O. The van der Waals surface area contributed by atoms with Gasteiger partial charge in [0.05, 0.1) is 17.5 Å². The van der Waals surface area contributed by atoms with Gasteiger partial charge in [-0.05, 0) is 57.5 Å². The fraction of sp³-hybridized carbons (Fsp3) is 0.480. The number of phenols is 1. The van der Waals surface area contributed by atoms with Gasteiger partial charge in [-0.3, -0.25) is 28.9 Å². The van der Waals surface area contributed by atoms with Gasteiger partial charge in [0.15, 0.2) is 34.7 Å². The summed E-state index contributed by atoms with van der Waals surface area (Å²) in [5.41, 5.74) is 3.20. The average molecular weight is 482 g/mol. The molecule has 1 aromatic rings. The van der Waals surface area contributed by atoms with E-state index in [2.05, 4.69) is 11.8 Å². The Morgan fingerprint density at radius 1 is 1.20 bits per heavy atom. The van der Waals surface area contributed by atoms with Crippen LogP contribution in [0, 0.1) is 35.5 Å². The summed E-state index contributed by atoms with van der Waals surface area (Å²) in [6.45, 7) is 1.47. The summed E-state index contributed by atoms with van der Waals surface area (Å²) < 4.78 is 0. The first-order valence-corrected chi connectivity index (χ1v) is 11.2. The number of ketones is 4. The van der Waals surface area contributed by atoms with E-state index in [1.54, 1.807) is 0 Å². The van der Waals surface area contributed by atoms with E-state index in [9.17, 15) is 39.3 Å². The lowest BCUT2D eigenvalue weighted by molar-refractivity contribution is -0.181. The van der Waals surface area contributed by atoms with Crippen molar-refractivity contribution in [2.45, 2.75) is 37.5 Å². The molecule has 0 aromatic heterocycles. The van der Waals surface area contributed by atoms with Crippen LogP contribution in [-0.2, 0) is 25.6 Å². The number of fused-ring (bicyclic) bond motifs is 3. The number of hydrogen-bond acceptors (Lipinski definition) is 9. The number of likely N-dealkylation sites (N-methyl/N-ethyl adjacent to an activating group) is 1. The Kier molecular flexibility index (Phi) is 5.92. The summed E-state index contributed by atoms with van der Waals surface area (Å²) in [5, 5.41) is 31.5. The summed E-state index contributed by atoms with van der Waals surface area (Å²) in [6.07, 6.45) is -0.858. The largest absolute Gasteiger partial charge is 0.507 e. The van der Waals surface area contributed by atoms with Crippen molar-refractivity contribution in [1.29, 1.82) is 0 Å². The molecule has 184 valence electrons. The molecule has 0 radical (unpaired) electrons. The van der Waals surface area contributed by atoms with E-state index in [-0.39, 0.29) is 24.2 Å². The van der Waals surface area contributed by atoms with Gasteiger partial charge in [-0.1, -0.05) is 11.8 Å². The Morgan fingerprint density at radius 3 is 2.43 bits per heavy atom. The van der Waals surface area contributed by atoms with Crippen molar-refractivity contribution in [3.05, 3.63) is 28.8 Å². The lowest BCUT2D eigenvalue weighted by atomic mass is 9.52. The normalized spacial score (nSPS) is 32.8. The molecule has 0 heterocycles. The molecular formula is C25H26N2O8. The third kappa shape index (κ3) is 3.50. The number of nitrogens with zero attached hydrogens (tertiary/aromatic N) is 1. The molecule has 4 rings (SSSR count). The van der Waals surface area contributed by atoms with Crippen LogP contribution in [-0.4, -0.2) is 81.1 Å². The highest BCUT2D eigenvalue weighted by molar-refractivity contribution is 6.32. The number of aromatic hydroxyl groups is 1. The lowest BCUT2D eigenvalue weighted by Gasteiger charge is -2.52. The predicted molar refractivity (Wildman–Crippen MR) is 120 cm³/mol. The Labute approximate surface area is 201 Å². The van der Waals surface area contributed by atoms with Gasteiger partial charge in [-0.25, -0.2) is 0 Å².